The lowest BCUT2D eigenvalue weighted by molar-refractivity contribution is -0.116. The van der Waals surface area contributed by atoms with Gasteiger partial charge in [0.05, 0.1) is 16.8 Å². The highest BCUT2D eigenvalue weighted by atomic mass is 32.1. The Bertz CT molecular complexity index is 1490. The second-order valence-electron chi connectivity index (χ2n) is 7.69. The molecule has 0 spiro atoms. The number of fused-ring (bicyclic) bond motifs is 2. The van der Waals surface area contributed by atoms with Crippen LogP contribution in [0.5, 0.6) is 5.75 Å². The summed E-state index contributed by atoms with van der Waals surface area (Å²) < 4.78 is 7.25. The number of ether oxygens (including phenoxy) is 1. The number of aryl methyl sites for hydroxylation is 1. The molecule has 34 heavy (non-hydrogen) atoms. The number of anilines is 1. The summed E-state index contributed by atoms with van der Waals surface area (Å²) in [7, 11) is 0. The fourth-order valence-corrected chi connectivity index (χ4v) is 4.53. The van der Waals surface area contributed by atoms with Crippen LogP contribution in [0.3, 0.4) is 0 Å². The van der Waals surface area contributed by atoms with Gasteiger partial charge >= 0.3 is 0 Å². The van der Waals surface area contributed by atoms with Gasteiger partial charge in [0.2, 0.25) is 5.91 Å². The van der Waals surface area contributed by atoms with Gasteiger partial charge in [-0.05, 0) is 31.2 Å². The summed E-state index contributed by atoms with van der Waals surface area (Å²) >= 11 is 1.42. The van der Waals surface area contributed by atoms with Gasteiger partial charge < -0.3 is 10.1 Å². The normalized spacial score (nSPS) is 12.8. The quantitative estimate of drug-likeness (QED) is 0.431. The van der Waals surface area contributed by atoms with Crippen LogP contribution in [0.4, 0.5) is 5.69 Å². The highest BCUT2D eigenvalue weighted by Crippen LogP contribution is 2.23. The Labute approximate surface area is 197 Å². The van der Waals surface area contributed by atoms with Crippen LogP contribution >= 0.6 is 11.3 Å². The van der Waals surface area contributed by atoms with Crippen LogP contribution in [-0.4, -0.2) is 38.6 Å². The van der Waals surface area contributed by atoms with E-state index in [0.717, 1.165) is 9.78 Å². The van der Waals surface area contributed by atoms with Crippen LogP contribution in [0.15, 0.2) is 65.6 Å². The molecular formula is C24H18N4O5S. The van der Waals surface area contributed by atoms with Crippen LogP contribution in [-0.2, 0) is 11.4 Å². The van der Waals surface area contributed by atoms with E-state index in [4.69, 9.17) is 4.74 Å². The lowest BCUT2D eigenvalue weighted by Crippen LogP contribution is -2.37. The highest BCUT2D eigenvalue weighted by Gasteiger charge is 2.36. The van der Waals surface area contributed by atoms with Gasteiger partial charge in [-0.1, -0.05) is 18.2 Å². The van der Waals surface area contributed by atoms with Crippen LogP contribution in [0, 0.1) is 6.92 Å². The third kappa shape index (κ3) is 4.06. The number of nitrogens with zero attached hydrogens (tertiary/aromatic N) is 3. The molecule has 1 aliphatic heterocycles. The molecule has 0 unspecified atom stereocenters. The number of amides is 3. The Morgan fingerprint density at radius 2 is 1.76 bits per heavy atom. The molecule has 0 fully saturated rings. The number of carbonyl (C=O) groups excluding carboxylic acids is 3. The SMILES string of the molecule is Cc1cn2c(=O)cc(COc3cccc(NC(=O)CN4C(=O)c5ccccc5C4=O)c3)nc2s1. The molecule has 10 heteroatoms. The minimum atomic E-state index is -0.514. The van der Waals surface area contributed by atoms with E-state index in [1.165, 1.54) is 21.8 Å². The predicted molar refractivity (Wildman–Crippen MR) is 125 cm³/mol. The summed E-state index contributed by atoms with van der Waals surface area (Å²) in [6.45, 7) is 1.59. The molecule has 5 rings (SSSR count). The fourth-order valence-electron chi connectivity index (χ4n) is 3.68. The first kappa shape index (κ1) is 21.5. The maximum absolute atomic E-state index is 12.5. The number of hydrogen-bond acceptors (Lipinski definition) is 7. The number of aromatic nitrogens is 2. The monoisotopic (exact) mass is 474 g/mol. The van der Waals surface area contributed by atoms with E-state index in [-0.39, 0.29) is 12.2 Å². The van der Waals surface area contributed by atoms with Crippen molar-refractivity contribution < 1.29 is 19.1 Å². The molecule has 0 radical (unpaired) electrons. The van der Waals surface area contributed by atoms with E-state index in [1.54, 1.807) is 54.7 Å². The van der Waals surface area contributed by atoms with Crippen molar-refractivity contribution in [3.63, 3.8) is 0 Å². The first-order valence-electron chi connectivity index (χ1n) is 10.4. The molecule has 0 bridgehead atoms. The summed E-state index contributed by atoms with van der Waals surface area (Å²) in [6, 6.07) is 14.6. The van der Waals surface area contributed by atoms with Gasteiger partial charge in [-0.25, -0.2) is 4.98 Å². The van der Waals surface area contributed by atoms with Crippen molar-refractivity contribution in [2.24, 2.45) is 0 Å². The van der Waals surface area contributed by atoms with E-state index in [2.05, 4.69) is 10.3 Å². The van der Waals surface area contributed by atoms with Crippen molar-refractivity contribution in [1.29, 1.82) is 0 Å². The zero-order chi connectivity index (χ0) is 23.8. The summed E-state index contributed by atoms with van der Waals surface area (Å²) in [4.78, 5) is 56.6. The van der Waals surface area contributed by atoms with Gasteiger partial charge in [-0.3, -0.25) is 28.5 Å². The van der Waals surface area contributed by atoms with E-state index in [1.807, 2.05) is 6.92 Å². The van der Waals surface area contributed by atoms with Crippen molar-refractivity contribution in [3.8, 4) is 5.75 Å². The zero-order valence-electron chi connectivity index (χ0n) is 18.0. The van der Waals surface area contributed by atoms with Crippen LogP contribution in [0.2, 0.25) is 0 Å². The number of hydrogen-bond donors (Lipinski definition) is 1. The van der Waals surface area contributed by atoms with Gasteiger partial charge in [0.15, 0.2) is 4.96 Å². The standard InChI is InChI=1S/C24H18N4O5S/c1-14-11-27-21(30)10-16(26-24(27)34-14)13-33-17-6-4-5-15(9-17)25-20(29)12-28-22(31)18-7-2-3-8-19(18)23(28)32/h2-11H,12-13H2,1H3,(H,25,29). The molecule has 170 valence electrons. The minimum Gasteiger partial charge on any atom is -0.487 e. The Hall–Kier alpha value is -4.31. The number of imide groups is 1. The fraction of sp³-hybridized carbons (Fsp3) is 0.125. The largest absolute Gasteiger partial charge is 0.487 e. The van der Waals surface area contributed by atoms with E-state index >= 15 is 0 Å². The molecule has 0 aliphatic carbocycles. The van der Waals surface area contributed by atoms with Crippen molar-refractivity contribution in [2.75, 3.05) is 11.9 Å². The molecule has 9 nitrogen and oxygen atoms in total. The van der Waals surface area contributed by atoms with Gasteiger partial charge in [-0.15, -0.1) is 11.3 Å². The summed E-state index contributed by atoms with van der Waals surface area (Å²) in [6.07, 6.45) is 1.74. The molecule has 0 atom stereocenters. The van der Waals surface area contributed by atoms with Crippen molar-refractivity contribution in [2.45, 2.75) is 13.5 Å². The second kappa shape index (κ2) is 8.56. The molecule has 4 aromatic rings. The van der Waals surface area contributed by atoms with Gasteiger partial charge in [-0.2, -0.15) is 0 Å². The molecule has 0 saturated heterocycles. The minimum absolute atomic E-state index is 0.0785. The van der Waals surface area contributed by atoms with Crippen molar-refractivity contribution in [3.05, 3.63) is 92.8 Å². The average molecular weight is 474 g/mol. The highest BCUT2D eigenvalue weighted by molar-refractivity contribution is 7.16. The molecule has 0 saturated carbocycles. The Balaban J connectivity index is 1.23. The van der Waals surface area contributed by atoms with Gasteiger partial charge in [0, 0.05) is 28.9 Å². The zero-order valence-corrected chi connectivity index (χ0v) is 18.8. The third-order valence-corrected chi connectivity index (χ3v) is 6.12. The molecule has 2 aromatic carbocycles. The lowest BCUT2D eigenvalue weighted by Gasteiger charge is -2.14. The van der Waals surface area contributed by atoms with Gasteiger partial charge in [0.25, 0.3) is 17.4 Å². The number of thiazole rings is 1. The topological polar surface area (TPSA) is 110 Å². The van der Waals surface area contributed by atoms with Crippen LogP contribution in [0.25, 0.3) is 4.96 Å². The average Bonchev–Trinajstić information content (AvgIpc) is 3.31. The number of benzene rings is 2. The second-order valence-corrected chi connectivity index (χ2v) is 8.90. The van der Waals surface area contributed by atoms with Crippen molar-refractivity contribution in [1.82, 2.24) is 14.3 Å². The third-order valence-electron chi connectivity index (χ3n) is 5.22. The summed E-state index contributed by atoms with van der Waals surface area (Å²) in [5, 5.41) is 2.68. The number of rotatable bonds is 6. The predicted octanol–water partition coefficient (Wildman–Crippen LogP) is 2.88. The van der Waals surface area contributed by atoms with E-state index in [0.29, 0.717) is 33.2 Å². The van der Waals surface area contributed by atoms with Gasteiger partial charge in [0.1, 0.15) is 18.9 Å². The van der Waals surface area contributed by atoms with Crippen LogP contribution in [0.1, 0.15) is 31.3 Å². The maximum Gasteiger partial charge on any atom is 0.262 e. The summed E-state index contributed by atoms with van der Waals surface area (Å²) in [5.74, 6) is -1.04. The Morgan fingerprint density at radius 1 is 1.03 bits per heavy atom. The van der Waals surface area contributed by atoms with Crippen LogP contribution < -0.4 is 15.6 Å². The molecule has 1 N–H and O–H groups in total. The van der Waals surface area contributed by atoms with E-state index in [9.17, 15) is 19.2 Å². The smallest absolute Gasteiger partial charge is 0.262 e. The molecule has 3 amide bonds. The maximum atomic E-state index is 12.5. The molecule has 2 aromatic heterocycles. The summed E-state index contributed by atoms with van der Waals surface area (Å²) in [5.41, 5.74) is 1.34. The number of carbonyl (C=O) groups is 3. The first-order valence-corrected chi connectivity index (χ1v) is 11.2. The Morgan fingerprint density at radius 3 is 2.50 bits per heavy atom. The molecule has 1 aliphatic rings. The van der Waals surface area contributed by atoms with Crippen molar-refractivity contribution >= 4 is 39.7 Å². The first-order chi connectivity index (χ1) is 16.4. The Kier molecular flexibility index (Phi) is 5.42. The lowest BCUT2D eigenvalue weighted by atomic mass is 10.1. The van der Waals surface area contributed by atoms with E-state index < -0.39 is 24.3 Å². The number of nitrogens with one attached hydrogen (secondary N) is 1. The molecular weight excluding hydrogens is 456 g/mol. The molecule has 3 heterocycles.